The van der Waals surface area contributed by atoms with Gasteiger partial charge in [0.05, 0.1) is 11.6 Å². The Hall–Kier alpha value is -3.99. The monoisotopic (exact) mass is 523 g/mol. The van der Waals surface area contributed by atoms with Crippen LogP contribution in [0.2, 0.25) is 5.02 Å². The van der Waals surface area contributed by atoms with Gasteiger partial charge in [-0.05, 0) is 48.5 Å². The first kappa shape index (κ1) is 25.1. The highest BCUT2D eigenvalue weighted by atomic mass is 35.5. The largest absolute Gasteiger partial charge is 0.416 e. The van der Waals surface area contributed by atoms with E-state index < -0.39 is 52.7 Å². The summed E-state index contributed by atoms with van der Waals surface area (Å²) in [6.07, 6.45) is -4.90. The summed E-state index contributed by atoms with van der Waals surface area (Å²) in [7, 11) is 0. The summed E-state index contributed by atoms with van der Waals surface area (Å²) in [5.74, 6) is -4.20. The number of anilines is 2. The Morgan fingerprint density at radius 3 is 2.36 bits per heavy atom. The Bertz CT molecular complexity index is 1420. The van der Waals surface area contributed by atoms with Crippen LogP contribution in [-0.4, -0.2) is 17.7 Å². The second-order valence-corrected chi connectivity index (χ2v) is 8.33. The van der Waals surface area contributed by atoms with Gasteiger partial charge in [-0.3, -0.25) is 14.4 Å². The molecule has 0 radical (unpaired) electrons. The van der Waals surface area contributed by atoms with Crippen LogP contribution in [0.3, 0.4) is 0 Å². The molecule has 4 rings (SSSR count). The number of fused-ring (bicyclic) bond motifs is 1. The van der Waals surface area contributed by atoms with Gasteiger partial charge in [0.25, 0.3) is 11.8 Å². The number of alkyl halides is 3. The van der Waals surface area contributed by atoms with Crippen molar-refractivity contribution in [3.8, 4) is 0 Å². The van der Waals surface area contributed by atoms with Gasteiger partial charge in [0.15, 0.2) is 0 Å². The van der Waals surface area contributed by atoms with Crippen LogP contribution in [0.15, 0.2) is 48.5 Å². The number of carbonyl (C=O) groups is 3. The Morgan fingerprint density at radius 2 is 1.69 bits per heavy atom. The third-order valence-corrected chi connectivity index (χ3v) is 5.66. The van der Waals surface area contributed by atoms with Crippen molar-refractivity contribution in [3.63, 3.8) is 0 Å². The van der Waals surface area contributed by atoms with E-state index in [0.29, 0.717) is 12.1 Å². The first-order chi connectivity index (χ1) is 16.8. The SMILES string of the molecule is CC(=O)Nc1cc(NC(=O)c2cc(F)cc(C(F)(F)F)c2)c2c(c1)C(=O)N[C@@H]2c1cc(F)ccc1Cl. The summed E-state index contributed by atoms with van der Waals surface area (Å²) in [6.45, 7) is 1.20. The zero-order chi connectivity index (χ0) is 26.4. The maximum atomic E-state index is 14.0. The molecule has 3 amide bonds. The van der Waals surface area contributed by atoms with Gasteiger partial charge in [-0.2, -0.15) is 13.2 Å². The van der Waals surface area contributed by atoms with E-state index in [4.69, 9.17) is 11.6 Å². The van der Waals surface area contributed by atoms with Crippen molar-refractivity contribution >= 4 is 40.7 Å². The molecule has 1 atom stereocenters. The predicted molar refractivity (Wildman–Crippen MR) is 121 cm³/mol. The second-order valence-electron chi connectivity index (χ2n) is 7.92. The molecule has 1 heterocycles. The molecule has 6 nitrogen and oxygen atoms in total. The molecule has 0 aliphatic carbocycles. The molecule has 3 N–H and O–H groups in total. The van der Waals surface area contributed by atoms with E-state index in [2.05, 4.69) is 16.0 Å². The Labute approximate surface area is 205 Å². The van der Waals surface area contributed by atoms with Crippen LogP contribution in [0.5, 0.6) is 0 Å². The van der Waals surface area contributed by atoms with Crippen molar-refractivity contribution in [3.05, 3.63) is 93.0 Å². The van der Waals surface area contributed by atoms with Gasteiger partial charge in [0.2, 0.25) is 5.91 Å². The summed E-state index contributed by atoms with van der Waals surface area (Å²) in [5, 5.41) is 7.54. The molecule has 1 aliphatic heterocycles. The summed E-state index contributed by atoms with van der Waals surface area (Å²) in [5.41, 5.74) is -1.74. The quantitative estimate of drug-likeness (QED) is 0.385. The van der Waals surface area contributed by atoms with Crippen LogP contribution in [0.4, 0.5) is 33.3 Å². The lowest BCUT2D eigenvalue weighted by Crippen LogP contribution is -2.21. The zero-order valence-corrected chi connectivity index (χ0v) is 18.9. The summed E-state index contributed by atoms with van der Waals surface area (Å²) < 4.78 is 67.2. The van der Waals surface area contributed by atoms with Gasteiger partial charge in [-0.15, -0.1) is 0 Å². The fourth-order valence-corrected chi connectivity index (χ4v) is 4.09. The van der Waals surface area contributed by atoms with Crippen molar-refractivity contribution in [1.82, 2.24) is 5.32 Å². The van der Waals surface area contributed by atoms with E-state index in [9.17, 15) is 36.3 Å². The lowest BCUT2D eigenvalue weighted by Gasteiger charge is -2.19. The minimum Gasteiger partial charge on any atom is -0.341 e. The van der Waals surface area contributed by atoms with E-state index >= 15 is 0 Å². The first-order valence-electron chi connectivity index (χ1n) is 10.2. The van der Waals surface area contributed by atoms with Crippen LogP contribution in [0.25, 0.3) is 0 Å². The molecule has 12 heteroatoms. The summed E-state index contributed by atoms with van der Waals surface area (Å²) >= 11 is 6.21. The average Bonchev–Trinajstić information content (AvgIpc) is 3.10. The molecule has 0 saturated carbocycles. The minimum atomic E-state index is -4.90. The predicted octanol–water partition coefficient (Wildman–Crippen LogP) is 5.68. The molecular formula is C24H15ClF5N3O3. The van der Waals surface area contributed by atoms with Gasteiger partial charge in [-0.25, -0.2) is 8.78 Å². The average molecular weight is 524 g/mol. The number of halogens is 6. The number of hydrogen-bond acceptors (Lipinski definition) is 3. The van der Waals surface area contributed by atoms with E-state index in [1.807, 2.05) is 0 Å². The van der Waals surface area contributed by atoms with E-state index in [1.54, 1.807) is 0 Å². The van der Waals surface area contributed by atoms with E-state index in [-0.39, 0.29) is 39.2 Å². The summed E-state index contributed by atoms with van der Waals surface area (Å²) in [6, 6.07) is 6.33. The highest BCUT2D eigenvalue weighted by Gasteiger charge is 2.36. The number of benzene rings is 3. The number of amides is 3. The third kappa shape index (κ3) is 5.01. The smallest absolute Gasteiger partial charge is 0.341 e. The van der Waals surface area contributed by atoms with E-state index in [1.165, 1.54) is 25.1 Å². The molecule has 0 bridgehead atoms. The fraction of sp³-hybridized carbons (Fsp3) is 0.125. The molecule has 0 fully saturated rings. The van der Waals surface area contributed by atoms with Crippen LogP contribution >= 0.6 is 11.6 Å². The molecular weight excluding hydrogens is 509 g/mol. The highest BCUT2D eigenvalue weighted by molar-refractivity contribution is 6.31. The third-order valence-electron chi connectivity index (χ3n) is 5.31. The molecule has 3 aromatic rings. The van der Waals surface area contributed by atoms with Crippen LogP contribution in [-0.2, 0) is 11.0 Å². The second kappa shape index (κ2) is 9.23. The fourth-order valence-electron chi connectivity index (χ4n) is 3.86. The van der Waals surface area contributed by atoms with Crippen molar-refractivity contribution in [1.29, 1.82) is 0 Å². The van der Waals surface area contributed by atoms with E-state index in [0.717, 1.165) is 12.1 Å². The number of carbonyl (C=O) groups excluding carboxylic acids is 3. The standard InChI is InChI=1S/C24H15ClF5N3O3/c1-10(34)31-15-8-17-20(21(33-23(17)36)16-7-13(26)2-3-18(16)25)19(9-15)32-22(35)11-4-12(24(28,29)30)6-14(27)5-11/h2-9,21H,1H3,(H,31,34)(H,32,35)(H,33,36)/t21-/m1/s1. The van der Waals surface area contributed by atoms with Gasteiger partial charge in [-0.1, -0.05) is 11.6 Å². The van der Waals surface area contributed by atoms with Crippen molar-refractivity contribution in [2.24, 2.45) is 0 Å². The lowest BCUT2D eigenvalue weighted by atomic mass is 9.95. The molecule has 0 saturated heterocycles. The van der Waals surface area contributed by atoms with Crippen LogP contribution in [0.1, 0.15) is 50.4 Å². The topological polar surface area (TPSA) is 87.3 Å². The first-order valence-corrected chi connectivity index (χ1v) is 10.6. The van der Waals surface area contributed by atoms with Gasteiger partial charge in [0.1, 0.15) is 11.6 Å². The van der Waals surface area contributed by atoms with Crippen LogP contribution in [0, 0.1) is 11.6 Å². The molecule has 0 spiro atoms. The van der Waals surface area contributed by atoms with Gasteiger partial charge >= 0.3 is 6.18 Å². The number of rotatable bonds is 4. The van der Waals surface area contributed by atoms with Crippen LogP contribution < -0.4 is 16.0 Å². The molecule has 186 valence electrons. The van der Waals surface area contributed by atoms with Gasteiger partial charge in [0, 0.05) is 45.6 Å². The minimum absolute atomic E-state index is 0.00268. The molecule has 0 unspecified atom stereocenters. The number of nitrogens with one attached hydrogen (secondary N) is 3. The number of hydrogen-bond donors (Lipinski definition) is 3. The maximum absolute atomic E-state index is 14.0. The van der Waals surface area contributed by atoms with Crippen molar-refractivity contribution in [2.45, 2.75) is 19.1 Å². The normalized spacial score (nSPS) is 14.8. The Balaban J connectivity index is 1.84. The molecule has 0 aromatic heterocycles. The molecule has 3 aromatic carbocycles. The van der Waals surface area contributed by atoms with Crippen molar-refractivity contribution < 1.29 is 36.3 Å². The zero-order valence-electron chi connectivity index (χ0n) is 18.2. The highest BCUT2D eigenvalue weighted by Crippen LogP contribution is 2.41. The van der Waals surface area contributed by atoms with Crippen molar-refractivity contribution in [2.75, 3.05) is 10.6 Å². The maximum Gasteiger partial charge on any atom is 0.416 e. The molecule has 1 aliphatic rings. The summed E-state index contributed by atoms with van der Waals surface area (Å²) in [4.78, 5) is 37.2. The molecule has 36 heavy (non-hydrogen) atoms. The Morgan fingerprint density at radius 1 is 0.972 bits per heavy atom. The van der Waals surface area contributed by atoms with Gasteiger partial charge < -0.3 is 16.0 Å². The lowest BCUT2D eigenvalue weighted by molar-refractivity contribution is -0.137. The Kier molecular flexibility index (Phi) is 6.44.